The number of ether oxygens (including phenoxy) is 1. The SMILES string of the molecule is CCCc1nc(OC[C@@H]2CCCN2C)nc2c1CCN(c1cccc3cccc(C)c13)C2. The van der Waals surface area contributed by atoms with Crippen molar-refractivity contribution >= 4 is 16.5 Å². The van der Waals surface area contributed by atoms with E-state index in [9.17, 15) is 0 Å². The average Bonchev–Trinajstić information content (AvgIpc) is 3.22. The van der Waals surface area contributed by atoms with Gasteiger partial charge >= 0.3 is 6.01 Å². The number of aryl methyl sites for hydroxylation is 2. The van der Waals surface area contributed by atoms with E-state index in [0.717, 1.165) is 44.6 Å². The summed E-state index contributed by atoms with van der Waals surface area (Å²) in [7, 11) is 2.18. The van der Waals surface area contributed by atoms with Gasteiger partial charge in [0.1, 0.15) is 6.61 Å². The maximum Gasteiger partial charge on any atom is 0.316 e. The summed E-state index contributed by atoms with van der Waals surface area (Å²) >= 11 is 0. The number of anilines is 1. The van der Waals surface area contributed by atoms with Crippen molar-refractivity contribution < 1.29 is 4.74 Å². The van der Waals surface area contributed by atoms with Crippen molar-refractivity contribution in [3.8, 4) is 6.01 Å². The van der Waals surface area contributed by atoms with Gasteiger partial charge in [-0.15, -0.1) is 0 Å². The van der Waals surface area contributed by atoms with E-state index in [1.54, 1.807) is 0 Å². The summed E-state index contributed by atoms with van der Waals surface area (Å²) in [6, 6.07) is 14.2. The first-order chi connectivity index (χ1) is 15.6. The van der Waals surface area contributed by atoms with Crippen molar-refractivity contribution in [1.29, 1.82) is 0 Å². The summed E-state index contributed by atoms with van der Waals surface area (Å²) < 4.78 is 6.16. The van der Waals surface area contributed by atoms with Gasteiger partial charge in [-0.05, 0) is 68.8 Å². The second-order valence-electron chi connectivity index (χ2n) is 9.34. The van der Waals surface area contributed by atoms with Gasteiger partial charge in [0, 0.05) is 23.7 Å². The number of likely N-dealkylation sites (tertiary alicyclic amines) is 1. The molecule has 2 aromatic carbocycles. The lowest BCUT2D eigenvalue weighted by Crippen LogP contribution is -2.33. The highest BCUT2D eigenvalue weighted by atomic mass is 16.5. The minimum absolute atomic E-state index is 0.472. The van der Waals surface area contributed by atoms with Crippen LogP contribution < -0.4 is 9.64 Å². The highest BCUT2D eigenvalue weighted by Crippen LogP contribution is 2.33. The number of hydrogen-bond donors (Lipinski definition) is 0. The molecule has 3 aromatic rings. The topological polar surface area (TPSA) is 41.5 Å². The number of nitrogens with zero attached hydrogens (tertiary/aromatic N) is 4. The van der Waals surface area contributed by atoms with E-state index < -0.39 is 0 Å². The molecule has 5 nitrogen and oxygen atoms in total. The molecular formula is C27H34N4O. The second kappa shape index (κ2) is 9.07. The van der Waals surface area contributed by atoms with Crippen molar-refractivity contribution in [1.82, 2.24) is 14.9 Å². The lowest BCUT2D eigenvalue weighted by Gasteiger charge is -2.32. The summed E-state index contributed by atoms with van der Waals surface area (Å²) in [6.07, 6.45) is 5.49. The predicted octanol–water partition coefficient (Wildman–Crippen LogP) is 4.93. The van der Waals surface area contributed by atoms with Crippen molar-refractivity contribution in [3.63, 3.8) is 0 Å². The standard InChI is InChI=1S/C27H34N4O/c1-4-8-23-22-14-16-31(25-13-6-11-20-10-5-9-19(2)26(20)25)17-24(22)29-27(28-23)32-18-21-12-7-15-30(21)3/h5-6,9-11,13,21H,4,7-8,12,14-18H2,1-3H3/t21-/m0/s1. The van der Waals surface area contributed by atoms with Crippen LogP contribution in [0.2, 0.25) is 0 Å². The molecule has 0 bridgehead atoms. The number of hydrogen-bond acceptors (Lipinski definition) is 5. The Morgan fingerprint density at radius 1 is 1.09 bits per heavy atom. The molecular weight excluding hydrogens is 396 g/mol. The quantitative estimate of drug-likeness (QED) is 0.555. The molecule has 0 saturated carbocycles. The fourth-order valence-electron chi connectivity index (χ4n) is 5.33. The van der Waals surface area contributed by atoms with Crippen molar-refractivity contribution in [2.24, 2.45) is 0 Å². The summed E-state index contributed by atoms with van der Waals surface area (Å²) in [5, 5.41) is 2.65. The van der Waals surface area contributed by atoms with Crippen LogP contribution in [-0.4, -0.2) is 47.7 Å². The molecule has 5 heteroatoms. The third-order valence-electron chi connectivity index (χ3n) is 7.13. The molecule has 32 heavy (non-hydrogen) atoms. The van der Waals surface area contributed by atoms with Crippen molar-refractivity contribution in [2.75, 3.05) is 31.6 Å². The van der Waals surface area contributed by atoms with Crippen molar-refractivity contribution in [2.45, 2.75) is 58.5 Å². The lowest BCUT2D eigenvalue weighted by molar-refractivity contribution is 0.186. The molecule has 0 radical (unpaired) electrons. The van der Waals surface area contributed by atoms with Crippen LogP contribution in [0.5, 0.6) is 6.01 Å². The molecule has 2 aliphatic heterocycles. The van der Waals surface area contributed by atoms with Crippen molar-refractivity contribution in [3.05, 3.63) is 58.9 Å². The Hall–Kier alpha value is -2.66. The van der Waals surface area contributed by atoms with Gasteiger partial charge in [-0.1, -0.05) is 43.7 Å². The molecule has 5 rings (SSSR count). The average molecular weight is 431 g/mol. The normalized spacial score (nSPS) is 18.8. The molecule has 0 spiro atoms. The fourth-order valence-corrected chi connectivity index (χ4v) is 5.33. The van der Waals surface area contributed by atoms with Crippen LogP contribution in [0.4, 0.5) is 5.69 Å². The number of likely N-dealkylation sites (N-methyl/N-ethyl adjacent to an activating group) is 1. The molecule has 0 unspecified atom stereocenters. The van der Waals surface area contributed by atoms with Gasteiger partial charge in [-0.25, -0.2) is 0 Å². The van der Waals surface area contributed by atoms with E-state index in [0.29, 0.717) is 18.7 Å². The Kier molecular flexibility index (Phi) is 6.01. The Morgan fingerprint density at radius 2 is 1.94 bits per heavy atom. The van der Waals surface area contributed by atoms with E-state index in [1.807, 2.05) is 0 Å². The molecule has 2 aliphatic rings. The first kappa shape index (κ1) is 21.2. The van der Waals surface area contributed by atoms with Gasteiger partial charge in [0.25, 0.3) is 0 Å². The van der Waals surface area contributed by atoms with Gasteiger partial charge in [0.05, 0.1) is 17.9 Å². The minimum Gasteiger partial charge on any atom is -0.462 e. The zero-order valence-electron chi connectivity index (χ0n) is 19.6. The highest BCUT2D eigenvalue weighted by molar-refractivity contribution is 5.96. The second-order valence-corrected chi connectivity index (χ2v) is 9.34. The van der Waals surface area contributed by atoms with Gasteiger partial charge in [-0.2, -0.15) is 9.97 Å². The van der Waals surface area contributed by atoms with E-state index >= 15 is 0 Å². The first-order valence-corrected chi connectivity index (χ1v) is 12.1. The van der Waals surface area contributed by atoms with E-state index in [-0.39, 0.29) is 0 Å². The van der Waals surface area contributed by atoms with Gasteiger partial charge < -0.3 is 14.5 Å². The molecule has 3 heterocycles. The van der Waals surface area contributed by atoms with Crippen LogP contribution in [0.25, 0.3) is 10.8 Å². The summed E-state index contributed by atoms with van der Waals surface area (Å²) in [4.78, 5) is 14.6. The molecule has 1 aromatic heterocycles. The molecule has 0 amide bonds. The van der Waals surface area contributed by atoms with Gasteiger partial charge in [-0.3, -0.25) is 0 Å². The lowest BCUT2D eigenvalue weighted by atomic mass is 9.98. The maximum absolute atomic E-state index is 6.16. The Morgan fingerprint density at radius 3 is 2.72 bits per heavy atom. The maximum atomic E-state index is 6.16. The third kappa shape index (κ3) is 4.06. The molecule has 1 fully saturated rings. The Balaban J connectivity index is 1.44. The van der Waals surface area contributed by atoms with Gasteiger partial charge in [0.15, 0.2) is 0 Å². The Labute approximate surface area is 191 Å². The van der Waals surface area contributed by atoms with Crippen LogP contribution >= 0.6 is 0 Å². The number of fused-ring (bicyclic) bond motifs is 2. The predicted molar refractivity (Wildman–Crippen MR) is 131 cm³/mol. The van der Waals surface area contributed by atoms with Crippen LogP contribution in [0.1, 0.15) is 48.7 Å². The molecule has 0 aliphatic carbocycles. The molecule has 1 atom stereocenters. The van der Waals surface area contributed by atoms with Crippen LogP contribution in [0.15, 0.2) is 36.4 Å². The van der Waals surface area contributed by atoms with E-state index in [2.05, 4.69) is 67.1 Å². The van der Waals surface area contributed by atoms with Gasteiger partial charge in [0.2, 0.25) is 0 Å². The zero-order chi connectivity index (χ0) is 22.1. The fraction of sp³-hybridized carbons (Fsp3) is 0.481. The van der Waals surface area contributed by atoms with E-state index in [1.165, 1.54) is 46.1 Å². The summed E-state index contributed by atoms with van der Waals surface area (Å²) in [6.45, 7) is 8.05. The first-order valence-electron chi connectivity index (χ1n) is 12.1. The smallest absolute Gasteiger partial charge is 0.316 e. The molecule has 168 valence electrons. The summed E-state index contributed by atoms with van der Waals surface area (Å²) in [5.74, 6) is 0. The minimum atomic E-state index is 0.472. The van der Waals surface area contributed by atoms with E-state index in [4.69, 9.17) is 14.7 Å². The van der Waals surface area contributed by atoms with Crippen LogP contribution in [-0.2, 0) is 19.4 Å². The highest BCUT2D eigenvalue weighted by Gasteiger charge is 2.25. The number of rotatable bonds is 6. The summed E-state index contributed by atoms with van der Waals surface area (Å²) in [5.41, 5.74) is 6.28. The van der Waals surface area contributed by atoms with Crippen LogP contribution in [0.3, 0.4) is 0 Å². The Bertz CT molecular complexity index is 1110. The van der Waals surface area contributed by atoms with Crippen LogP contribution in [0, 0.1) is 6.92 Å². The zero-order valence-corrected chi connectivity index (χ0v) is 19.6. The molecule has 1 saturated heterocycles. The number of aromatic nitrogens is 2. The largest absolute Gasteiger partial charge is 0.462 e. The molecule has 0 N–H and O–H groups in total. The number of benzene rings is 2. The third-order valence-corrected chi connectivity index (χ3v) is 7.13. The monoisotopic (exact) mass is 430 g/mol.